The Balaban J connectivity index is 2.39. The van der Waals surface area contributed by atoms with Gasteiger partial charge in [-0.15, -0.1) is 0 Å². The quantitative estimate of drug-likeness (QED) is 0.430. The van der Waals surface area contributed by atoms with Crippen LogP contribution in [-0.4, -0.2) is 34.6 Å². The maximum atomic E-state index is 11.6. The number of benzene rings is 1. The normalized spacial score (nSPS) is 9.65. The molecule has 0 aliphatic carbocycles. The molecule has 0 atom stereocenters. The van der Waals surface area contributed by atoms with E-state index in [-0.39, 0.29) is 24.7 Å². The molecule has 2 aromatic rings. The van der Waals surface area contributed by atoms with Gasteiger partial charge in [0.25, 0.3) is 0 Å². The summed E-state index contributed by atoms with van der Waals surface area (Å²) in [6.45, 7) is 1.97. The first-order valence-corrected chi connectivity index (χ1v) is 7.58. The lowest BCUT2D eigenvalue weighted by molar-refractivity contribution is -0.383. The highest BCUT2D eigenvalue weighted by molar-refractivity contribution is 5.74. The molecule has 1 N–H and O–H groups in total. The fraction of sp³-hybridized carbons (Fsp3) is 0.250. The molecule has 1 heterocycles. The molecule has 0 aliphatic heterocycles. The van der Waals surface area contributed by atoms with Crippen molar-refractivity contribution >= 4 is 23.0 Å². The van der Waals surface area contributed by atoms with Crippen molar-refractivity contribution in [2.75, 3.05) is 29.9 Å². The molecule has 1 aromatic carbocycles. The highest BCUT2D eigenvalue weighted by atomic mass is 16.6. The van der Waals surface area contributed by atoms with Gasteiger partial charge in [-0.2, -0.15) is 10.5 Å². The molecule has 26 heavy (non-hydrogen) atoms. The summed E-state index contributed by atoms with van der Waals surface area (Å²) in [5.74, 6) is 0.539. The Labute approximate surface area is 149 Å². The molecule has 0 fully saturated rings. The van der Waals surface area contributed by atoms with E-state index in [0.717, 1.165) is 6.33 Å². The Bertz CT molecular complexity index is 840. The highest BCUT2D eigenvalue weighted by Gasteiger charge is 2.27. The molecule has 132 valence electrons. The smallest absolute Gasteiger partial charge is 0.353 e. The van der Waals surface area contributed by atoms with Crippen LogP contribution in [0.4, 0.5) is 23.0 Å². The SMILES string of the molecule is CCOc1ccc(Nc2ncnc(N(CC#N)CC#N)c2[N+](=O)[O-])cc1. The molecule has 10 nitrogen and oxygen atoms in total. The van der Waals surface area contributed by atoms with Crippen molar-refractivity contribution in [3.63, 3.8) is 0 Å². The maximum Gasteiger partial charge on any atom is 0.353 e. The summed E-state index contributed by atoms with van der Waals surface area (Å²) in [5.41, 5.74) is 0.153. The van der Waals surface area contributed by atoms with Crippen molar-refractivity contribution in [3.8, 4) is 17.9 Å². The molecule has 0 spiro atoms. The second-order valence-corrected chi connectivity index (χ2v) is 4.91. The minimum atomic E-state index is -0.645. The van der Waals surface area contributed by atoms with Crippen LogP contribution in [0.3, 0.4) is 0 Å². The van der Waals surface area contributed by atoms with Crippen LogP contribution in [0.1, 0.15) is 6.92 Å². The van der Waals surface area contributed by atoms with Gasteiger partial charge in [0.15, 0.2) is 0 Å². The van der Waals surface area contributed by atoms with Crippen LogP contribution in [-0.2, 0) is 0 Å². The number of ether oxygens (including phenoxy) is 1. The van der Waals surface area contributed by atoms with Gasteiger partial charge in [0, 0.05) is 5.69 Å². The molecule has 2 rings (SSSR count). The summed E-state index contributed by atoms with van der Waals surface area (Å²) in [5, 5.41) is 32.2. The summed E-state index contributed by atoms with van der Waals surface area (Å²) in [6.07, 6.45) is 1.14. The van der Waals surface area contributed by atoms with Gasteiger partial charge in [0.1, 0.15) is 25.2 Å². The first-order chi connectivity index (χ1) is 12.6. The molecule has 0 amide bonds. The standard InChI is InChI=1S/C16H15N7O3/c1-2-26-13-5-3-12(4-6-13)21-15-14(23(24)25)16(20-11-19-15)22(9-7-17)10-8-18/h3-6,11H,2,9-10H2,1H3,(H,19,20,21). The van der Waals surface area contributed by atoms with E-state index in [2.05, 4.69) is 15.3 Å². The average molecular weight is 353 g/mol. The van der Waals surface area contributed by atoms with E-state index in [1.54, 1.807) is 24.3 Å². The predicted octanol–water partition coefficient (Wildman–Crippen LogP) is 2.38. The van der Waals surface area contributed by atoms with Crippen LogP contribution >= 0.6 is 0 Å². The number of nitrogens with zero attached hydrogens (tertiary/aromatic N) is 6. The van der Waals surface area contributed by atoms with Gasteiger partial charge in [0.05, 0.1) is 23.7 Å². The molecular weight excluding hydrogens is 338 g/mol. The summed E-state index contributed by atoms with van der Waals surface area (Å²) in [4.78, 5) is 19.9. The number of nitriles is 2. The highest BCUT2D eigenvalue weighted by Crippen LogP contribution is 2.33. The minimum absolute atomic E-state index is 0.0370. The third-order valence-electron chi connectivity index (χ3n) is 3.24. The van der Waals surface area contributed by atoms with E-state index in [4.69, 9.17) is 15.3 Å². The van der Waals surface area contributed by atoms with Gasteiger partial charge in [-0.1, -0.05) is 0 Å². The monoisotopic (exact) mass is 353 g/mol. The van der Waals surface area contributed by atoms with Gasteiger partial charge in [0.2, 0.25) is 11.6 Å². The Hall–Kier alpha value is -3.92. The van der Waals surface area contributed by atoms with Crippen LogP contribution in [0.25, 0.3) is 0 Å². The van der Waals surface area contributed by atoms with Crippen molar-refractivity contribution in [1.29, 1.82) is 10.5 Å². The zero-order chi connectivity index (χ0) is 18.9. The lowest BCUT2D eigenvalue weighted by Crippen LogP contribution is -2.26. The van der Waals surface area contributed by atoms with Crippen molar-refractivity contribution in [2.24, 2.45) is 0 Å². The Morgan fingerprint density at radius 3 is 2.42 bits per heavy atom. The van der Waals surface area contributed by atoms with Gasteiger partial charge in [-0.3, -0.25) is 10.1 Å². The molecule has 0 radical (unpaired) electrons. The van der Waals surface area contributed by atoms with E-state index >= 15 is 0 Å². The van der Waals surface area contributed by atoms with Gasteiger partial charge in [-0.25, -0.2) is 9.97 Å². The summed E-state index contributed by atoms with van der Waals surface area (Å²) >= 11 is 0. The summed E-state index contributed by atoms with van der Waals surface area (Å²) in [7, 11) is 0. The molecule has 0 bridgehead atoms. The lowest BCUT2D eigenvalue weighted by Gasteiger charge is -2.17. The Morgan fingerprint density at radius 1 is 1.23 bits per heavy atom. The van der Waals surface area contributed by atoms with Crippen LogP contribution in [0.15, 0.2) is 30.6 Å². The molecule has 0 unspecified atom stereocenters. The maximum absolute atomic E-state index is 11.6. The Morgan fingerprint density at radius 2 is 1.88 bits per heavy atom. The van der Waals surface area contributed by atoms with Crippen molar-refractivity contribution in [3.05, 3.63) is 40.7 Å². The van der Waals surface area contributed by atoms with Crippen LogP contribution in [0.5, 0.6) is 5.75 Å². The van der Waals surface area contributed by atoms with E-state index in [0.29, 0.717) is 18.0 Å². The summed E-state index contributed by atoms with van der Waals surface area (Å²) < 4.78 is 5.35. The number of nitro groups is 1. The molecule has 10 heteroatoms. The number of nitrogens with one attached hydrogen (secondary N) is 1. The van der Waals surface area contributed by atoms with E-state index in [1.165, 1.54) is 4.90 Å². The fourth-order valence-electron chi connectivity index (χ4n) is 2.17. The average Bonchev–Trinajstić information content (AvgIpc) is 2.63. The van der Waals surface area contributed by atoms with Crippen LogP contribution in [0, 0.1) is 32.8 Å². The van der Waals surface area contributed by atoms with Gasteiger partial charge >= 0.3 is 5.69 Å². The van der Waals surface area contributed by atoms with E-state index < -0.39 is 10.6 Å². The lowest BCUT2D eigenvalue weighted by atomic mass is 10.3. The van der Waals surface area contributed by atoms with Crippen molar-refractivity contribution in [2.45, 2.75) is 6.92 Å². The second-order valence-electron chi connectivity index (χ2n) is 4.91. The number of rotatable bonds is 8. The molecule has 0 aliphatic rings. The molecule has 0 saturated carbocycles. The molecule has 1 aromatic heterocycles. The molecular formula is C16H15N7O3. The largest absolute Gasteiger partial charge is 0.494 e. The third-order valence-corrected chi connectivity index (χ3v) is 3.24. The molecule has 0 saturated heterocycles. The van der Waals surface area contributed by atoms with Gasteiger partial charge < -0.3 is 15.0 Å². The van der Waals surface area contributed by atoms with Gasteiger partial charge in [-0.05, 0) is 31.2 Å². The Kier molecular flexibility index (Phi) is 6.23. The number of hydrogen-bond donors (Lipinski definition) is 1. The predicted molar refractivity (Wildman–Crippen MR) is 93.0 cm³/mol. The first kappa shape index (κ1) is 18.4. The summed E-state index contributed by atoms with van der Waals surface area (Å²) in [6, 6.07) is 10.6. The van der Waals surface area contributed by atoms with Crippen molar-refractivity contribution < 1.29 is 9.66 Å². The zero-order valence-electron chi connectivity index (χ0n) is 13.9. The second kappa shape index (κ2) is 8.80. The topological polar surface area (TPSA) is 141 Å². The first-order valence-electron chi connectivity index (χ1n) is 7.58. The number of anilines is 3. The van der Waals surface area contributed by atoms with E-state index in [9.17, 15) is 10.1 Å². The van der Waals surface area contributed by atoms with E-state index in [1.807, 2.05) is 19.1 Å². The number of hydrogen-bond acceptors (Lipinski definition) is 9. The zero-order valence-corrected chi connectivity index (χ0v) is 13.9. The fourth-order valence-corrected chi connectivity index (χ4v) is 2.17. The minimum Gasteiger partial charge on any atom is -0.494 e. The third kappa shape index (κ3) is 4.33. The van der Waals surface area contributed by atoms with Crippen LogP contribution < -0.4 is 15.0 Å². The van der Waals surface area contributed by atoms with Crippen molar-refractivity contribution in [1.82, 2.24) is 9.97 Å². The van der Waals surface area contributed by atoms with Crippen LogP contribution in [0.2, 0.25) is 0 Å². The number of aromatic nitrogens is 2.